The third-order valence-electron chi connectivity index (χ3n) is 3.97. The highest BCUT2D eigenvalue weighted by Gasteiger charge is 2.09. The van der Waals surface area contributed by atoms with Gasteiger partial charge in [-0.2, -0.15) is 0 Å². The Kier molecular flexibility index (Phi) is 4.84. The van der Waals surface area contributed by atoms with Gasteiger partial charge in [0, 0.05) is 23.4 Å². The topological polar surface area (TPSA) is 24.9 Å². The quantitative estimate of drug-likeness (QED) is 0.727. The Morgan fingerprint density at radius 2 is 2.00 bits per heavy atom. The number of aromatic nitrogens is 1. The van der Waals surface area contributed by atoms with E-state index in [-0.39, 0.29) is 5.82 Å². The van der Waals surface area contributed by atoms with Gasteiger partial charge in [-0.1, -0.05) is 36.4 Å². The van der Waals surface area contributed by atoms with Crippen LogP contribution in [0.3, 0.4) is 0 Å². The van der Waals surface area contributed by atoms with E-state index in [4.69, 9.17) is 0 Å². The molecule has 0 aliphatic heterocycles. The molecule has 3 rings (SSSR count). The summed E-state index contributed by atoms with van der Waals surface area (Å²) >= 11 is 1.57. The summed E-state index contributed by atoms with van der Waals surface area (Å²) in [7, 11) is 1.95. The summed E-state index contributed by atoms with van der Waals surface area (Å²) < 4.78 is 13.8. The number of rotatable bonds is 5. The van der Waals surface area contributed by atoms with Crippen molar-refractivity contribution in [3.8, 4) is 11.3 Å². The highest BCUT2D eigenvalue weighted by Crippen LogP contribution is 2.26. The lowest BCUT2D eigenvalue weighted by Crippen LogP contribution is -2.12. The predicted molar refractivity (Wildman–Crippen MR) is 94.2 cm³/mol. The molecule has 0 saturated carbocycles. The van der Waals surface area contributed by atoms with Crippen molar-refractivity contribution in [2.45, 2.75) is 19.4 Å². The summed E-state index contributed by atoms with van der Waals surface area (Å²) in [5.74, 6) is -0.172. The van der Waals surface area contributed by atoms with Crippen LogP contribution in [0, 0.1) is 5.82 Å². The second kappa shape index (κ2) is 7.02. The largest absolute Gasteiger partial charge is 0.313 e. The Morgan fingerprint density at radius 1 is 1.17 bits per heavy atom. The van der Waals surface area contributed by atoms with Crippen molar-refractivity contribution >= 4 is 11.3 Å². The third-order valence-corrected chi connectivity index (χ3v) is 4.82. The molecule has 1 unspecified atom stereocenters. The molecule has 0 aliphatic rings. The van der Waals surface area contributed by atoms with Crippen molar-refractivity contribution in [2.75, 3.05) is 7.05 Å². The molecular formula is C19H19FN2S. The van der Waals surface area contributed by atoms with Gasteiger partial charge in [-0.15, -0.1) is 11.3 Å². The first kappa shape index (κ1) is 15.8. The van der Waals surface area contributed by atoms with Gasteiger partial charge in [-0.05, 0) is 37.2 Å². The van der Waals surface area contributed by atoms with Crippen molar-refractivity contribution in [3.63, 3.8) is 0 Å². The fourth-order valence-electron chi connectivity index (χ4n) is 2.46. The zero-order chi connectivity index (χ0) is 16.2. The summed E-state index contributed by atoms with van der Waals surface area (Å²) in [6, 6.07) is 15.5. The summed E-state index contributed by atoms with van der Waals surface area (Å²) in [6.07, 6.45) is 0.532. The van der Waals surface area contributed by atoms with Crippen LogP contribution in [-0.2, 0) is 6.42 Å². The molecule has 1 heterocycles. The average Bonchev–Trinajstić information content (AvgIpc) is 3.05. The van der Waals surface area contributed by atoms with E-state index in [1.165, 1.54) is 11.6 Å². The summed E-state index contributed by atoms with van der Waals surface area (Å²) in [6.45, 7) is 2.13. The van der Waals surface area contributed by atoms with Crippen LogP contribution in [0.4, 0.5) is 4.39 Å². The van der Waals surface area contributed by atoms with Crippen LogP contribution in [-0.4, -0.2) is 12.0 Å². The molecule has 0 spiro atoms. The smallest absolute Gasteiger partial charge is 0.126 e. The van der Waals surface area contributed by atoms with Gasteiger partial charge in [-0.3, -0.25) is 0 Å². The van der Waals surface area contributed by atoms with Crippen molar-refractivity contribution < 1.29 is 4.39 Å². The van der Waals surface area contributed by atoms with Gasteiger partial charge in [0.15, 0.2) is 0 Å². The number of thiazole rings is 1. The molecule has 1 N–H and O–H groups in total. The van der Waals surface area contributed by atoms with E-state index >= 15 is 0 Å². The Morgan fingerprint density at radius 3 is 2.78 bits per heavy atom. The molecule has 2 aromatic carbocycles. The van der Waals surface area contributed by atoms with E-state index in [0.717, 1.165) is 16.3 Å². The van der Waals surface area contributed by atoms with Crippen LogP contribution >= 0.6 is 11.3 Å². The van der Waals surface area contributed by atoms with Gasteiger partial charge in [0.1, 0.15) is 5.82 Å². The van der Waals surface area contributed by atoms with E-state index < -0.39 is 0 Å². The lowest BCUT2D eigenvalue weighted by atomic mass is 10.0. The molecule has 118 valence electrons. The van der Waals surface area contributed by atoms with Gasteiger partial charge < -0.3 is 5.32 Å². The van der Waals surface area contributed by atoms with Crippen LogP contribution in [0.25, 0.3) is 11.3 Å². The van der Waals surface area contributed by atoms with Crippen molar-refractivity contribution in [1.29, 1.82) is 0 Å². The van der Waals surface area contributed by atoms with Gasteiger partial charge in [0.2, 0.25) is 0 Å². The first-order valence-corrected chi connectivity index (χ1v) is 8.50. The maximum absolute atomic E-state index is 13.8. The first-order valence-electron chi connectivity index (χ1n) is 7.63. The normalized spacial score (nSPS) is 12.3. The Labute approximate surface area is 140 Å². The molecule has 4 heteroatoms. The van der Waals surface area contributed by atoms with Gasteiger partial charge in [0.25, 0.3) is 0 Å². The van der Waals surface area contributed by atoms with Crippen LogP contribution < -0.4 is 5.32 Å². The second-order valence-electron chi connectivity index (χ2n) is 5.53. The maximum Gasteiger partial charge on any atom is 0.126 e. The highest BCUT2D eigenvalue weighted by atomic mass is 32.1. The molecule has 0 aliphatic carbocycles. The predicted octanol–water partition coefficient (Wildman–Crippen LogP) is 4.82. The first-order chi connectivity index (χ1) is 11.2. The van der Waals surface area contributed by atoms with Gasteiger partial charge in [-0.25, -0.2) is 9.37 Å². The van der Waals surface area contributed by atoms with Crippen molar-refractivity contribution in [3.05, 3.63) is 75.9 Å². The lowest BCUT2D eigenvalue weighted by Gasteiger charge is -2.11. The van der Waals surface area contributed by atoms with Crippen LogP contribution in [0.15, 0.2) is 53.9 Å². The minimum atomic E-state index is -0.172. The fourth-order valence-corrected chi connectivity index (χ4v) is 3.29. The number of hydrogen-bond donors (Lipinski definition) is 1. The van der Waals surface area contributed by atoms with Gasteiger partial charge >= 0.3 is 0 Å². The number of hydrogen-bond acceptors (Lipinski definition) is 3. The zero-order valence-corrected chi connectivity index (χ0v) is 14.0. The van der Waals surface area contributed by atoms with E-state index in [2.05, 4.69) is 35.4 Å². The summed E-state index contributed by atoms with van der Waals surface area (Å²) in [5, 5.41) is 6.21. The SMILES string of the molecule is CNC(C)c1cccc(-c2csc(Cc3ccccc3F)n2)c1. The monoisotopic (exact) mass is 326 g/mol. The standard InChI is InChI=1S/C19H19FN2S/c1-13(21-2)14-7-5-8-16(10-14)18-12-23-19(22-18)11-15-6-3-4-9-17(15)20/h3-10,12-13,21H,11H2,1-2H3. The molecule has 23 heavy (non-hydrogen) atoms. The van der Waals surface area contributed by atoms with Crippen LogP contribution in [0.2, 0.25) is 0 Å². The Hall–Kier alpha value is -2.04. The Balaban J connectivity index is 1.83. The fraction of sp³-hybridized carbons (Fsp3) is 0.211. The molecule has 1 atom stereocenters. The van der Waals surface area contributed by atoms with Crippen LogP contribution in [0.1, 0.15) is 29.1 Å². The van der Waals surface area contributed by atoms with Gasteiger partial charge in [0.05, 0.1) is 10.7 Å². The molecule has 0 fully saturated rings. The van der Waals surface area contributed by atoms with Crippen molar-refractivity contribution in [2.24, 2.45) is 0 Å². The van der Waals surface area contributed by atoms with Crippen molar-refractivity contribution in [1.82, 2.24) is 10.3 Å². The third kappa shape index (κ3) is 3.66. The van der Waals surface area contributed by atoms with E-state index in [0.29, 0.717) is 18.0 Å². The van der Waals surface area contributed by atoms with E-state index in [1.807, 2.05) is 30.6 Å². The summed E-state index contributed by atoms with van der Waals surface area (Å²) in [4.78, 5) is 4.67. The highest BCUT2D eigenvalue weighted by molar-refractivity contribution is 7.10. The molecule has 0 saturated heterocycles. The number of nitrogens with zero attached hydrogens (tertiary/aromatic N) is 1. The minimum Gasteiger partial charge on any atom is -0.313 e. The zero-order valence-electron chi connectivity index (χ0n) is 13.2. The Bertz CT molecular complexity index is 797. The van der Waals surface area contributed by atoms with E-state index in [9.17, 15) is 4.39 Å². The molecule has 1 aromatic heterocycles. The van der Waals surface area contributed by atoms with E-state index in [1.54, 1.807) is 17.4 Å². The second-order valence-corrected chi connectivity index (χ2v) is 6.47. The number of halogens is 1. The molecule has 2 nitrogen and oxygen atoms in total. The number of nitrogens with one attached hydrogen (secondary N) is 1. The molecule has 3 aromatic rings. The minimum absolute atomic E-state index is 0.172. The molecule has 0 radical (unpaired) electrons. The maximum atomic E-state index is 13.8. The molecule has 0 bridgehead atoms. The van der Waals surface area contributed by atoms with Crippen LogP contribution in [0.5, 0.6) is 0 Å². The molecule has 0 amide bonds. The lowest BCUT2D eigenvalue weighted by molar-refractivity contribution is 0.614. The number of benzene rings is 2. The molecular weight excluding hydrogens is 307 g/mol. The summed E-state index contributed by atoms with van der Waals surface area (Å²) in [5.41, 5.74) is 3.96. The average molecular weight is 326 g/mol.